The number of fused-ring (bicyclic) bond motifs is 4. The Labute approximate surface area is 236 Å². The zero-order valence-corrected chi connectivity index (χ0v) is 21.9. The van der Waals surface area contributed by atoms with Gasteiger partial charge in [0.05, 0.1) is 0 Å². The van der Waals surface area contributed by atoms with Crippen LogP contribution in [0.3, 0.4) is 0 Å². The van der Waals surface area contributed by atoms with Crippen molar-refractivity contribution in [3.8, 4) is 45.3 Å². The van der Waals surface area contributed by atoms with Gasteiger partial charge >= 0.3 is 0 Å². The molecule has 0 N–H and O–H groups in total. The van der Waals surface area contributed by atoms with E-state index in [1.165, 1.54) is 5.39 Å². The third-order valence-corrected chi connectivity index (χ3v) is 7.40. The van der Waals surface area contributed by atoms with Crippen molar-refractivity contribution in [2.24, 2.45) is 0 Å². The highest BCUT2D eigenvalue weighted by molar-refractivity contribution is 6.10. The molecular formula is C37H21N3O. The minimum absolute atomic E-state index is 0.584. The highest BCUT2D eigenvalue weighted by Crippen LogP contribution is 2.36. The molecule has 0 fully saturated rings. The van der Waals surface area contributed by atoms with Crippen LogP contribution in [0.2, 0.25) is 0 Å². The second kappa shape index (κ2) is 9.44. The number of hydrogen-bond donors (Lipinski definition) is 0. The summed E-state index contributed by atoms with van der Waals surface area (Å²) < 4.78 is 6.24. The number of rotatable bonds is 4. The molecule has 190 valence electrons. The van der Waals surface area contributed by atoms with Crippen molar-refractivity contribution < 1.29 is 4.42 Å². The monoisotopic (exact) mass is 523 g/mol. The molecule has 2 heterocycles. The fraction of sp³-hybridized carbons (Fsp3) is 0. The number of hydrogen-bond acceptors (Lipinski definition) is 4. The van der Waals surface area contributed by atoms with Crippen molar-refractivity contribution >= 4 is 32.7 Å². The van der Waals surface area contributed by atoms with Gasteiger partial charge < -0.3 is 4.42 Å². The summed E-state index contributed by atoms with van der Waals surface area (Å²) in [5.41, 5.74) is 6.54. The van der Waals surface area contributed by atoms with E-state index >= 15 is 0 Å². The van der Waals surface area contributed by atoms with Crippen LogP contribution in [0, 0.1) is 12.1 Å². The van der Waals surface area contributed by atoms with Gasteiger partial charge in [-0.25, -0.2) is 15.0 Å². The molecule has 6 aromatic carbocycles. The van der Waals surface area contributed by atoms with E-state index < -0.39 is 0 Å². The van der Waals surface area contributed by atoms with Gasteiger partial charge in [-0.05, 0) is 70.4 Å². The molecule has 0 saturated heterocycles. The normalized spacial score (nSPS) is 11.2. The molecular weight excluding hydrogens is 502 g/mol. The molecule has 0 aliphatic carbocycles. The van der Waals surface area contributed by atoms with Crippen molar-refractivity contribution in [1.29, 1.82) is 0 Å². The topological polar surface area (TPSA) is 51.8 Å². The van der Waals surface area contributed by atoms with E-state index in [2.05, 4.69) is 72.8 Å². The zero-order chi connectivity index (χ0) is 27.2. The quantitative estimate of drug-likeness (QED) is 0.231. The minimum atomic E-state index is 0.584. The zero-order valence-electron chi connectivity index (χ0n) is 21.9. The standard InChI is InChI=1S/C37H21N3O/c1-3-11-24(12-4-1)29-17-9-10-18-30(29)37-39-35(25-13-5-2-6-14-25)38-36(40-37)28-19-20-33-31(22-28)32-21-26-15-7-8-16-27(26)23-34(32)41-33/h1,3-5,7-23H. The molecule has 0 bridgehead atoms. The second-order valence-corrected chi connectivity index (χ2v) is 9.95. The molecule has 8 aromatic rings. The van der Waals surface area contributed by atoms with Crippen LogP contribution in [0.4, 0.5) is 0 Å². The lowest BCUT2D eigenvalue weighted by molar-refractivity contribution is 0.669. The molecule has 0 radical (unpaired) electrons. The lowest BCUT2D eigenvalue weighted by atomic mass is 9.99. The Morgan fingerprint density at radius 1 is 0.463 bits per heavy atom. The highest BCUT2D eigenvalue weighted by Gasteiger charge is 2.17. The van der Waals surface area contributed by atoms with E-state index in [0.717, 1.165) is 55.1 Å². The van der Waals surface area contributed by atoms with Gasteiger partial charge in [0.1, 0.15) is 11.2 Å². The minimum Gasteiger partial charge on any atom is -0.456 e. The van der Waals surface area contributed by atoms with E-state index in [9.17, 15) is 0 Å². The fourth-order valence-electron chi connectivity index (χ4n) is 5.39. The number of benzene rings is 5. The van der Waals surface area contributed by atoms with Gasteiger partial charge in [0, 0.05) is 27.5 Å². The Bertz CT molecular complexity index is 2200. The molecule has 0 aliphatic rings. The predicted molar refractivity (Wildman–Crippen MR) is 164 cm³/mol. The van der Waals surface area contributed by atoms with Crippen LogP contribution < -0.4 is 0 Å². The molecule has 0 unspecified atom stereocenters. The Morgan fingerprint density at radius 2 is 1.15 bits per heavy atom. The molecule has 0 aliphatic heterocycles. The first-order chi connectivity index (χ1) is 20.3. The summed E-state index contributed by atoms with van der Waals surface area (Å²) in [7, 11) is 0. The predicted octanol–water partition coefficient (Wildman–Crippen LogP) is 9.19. The average molecular weight is 524 g/mol. The SMILES string of the molecule is c1ccc(-c2nc(-c3ccc4oc5cc6ccccc6cc5c4c3)nc(-c3ccccc3-c3ccccc3)n2)cc#1. The molecule has 0 amide bonds. The van der Waals surface area contributed by atoms with Crippen LogP contribution in [-0.4, -0.2) is 15.0 Å². The number of furan rings is 1. The van der Waals surface area contributed by atoms with E-state index in [1.54, 1.807) is 0 Å². The van der Waals surface area contributed by atoms with Crippen molar-refractivity contribution in [1.82, 2.24) is 15.0 Å². The van der Waals surface area contributed by atoms with Crippen LogP contribution in [0.15, 0.2) is 132 Å². The molecule has 0 spiro atoms. The first-order valence-corrected chi connectivity index (χ1v) is 13.4. The summed E-state index contributed by atoms with van der Waals surface area (Å²) >= 11 is 0. The maximum Gasteiger partial charge on any atom is 0.164 e. The summed E-state index contributed by atoms with van der Waals surface area (Å²) in [4.78, 5) is 14.9. The average Bonchev–Trinajstić information content (AvgIpc) is 3.41. The third kappa shape index (κ3) is 4.09. The molecule has 2 aromatic heterocycles. The summed E-state index contributed by atoms with van der Waals surface area (Å²) in [6.07, 6.45) is 0. The maximum atomic E-state index is 6.24. The van der Waals surface area contributed by atoms with E-state index in [1.807, 2.05) is 66.7 Å². The lowest BCUT2D eigenvalue weighted by Gasteiger charge is -2.12. The van der Waals surface area contributed by atoms with Gasteiger partial charge in [0.15, 0.2) is 17.5 Å². The Hall–Kier alpha value is -5.79. The Morgan fingerprint density at radius 3 is 1.95 bits per heavy atom. The van der Waals surface area contributed by atoms with Gasteiger partial charge in [-0.2, -0.15) is 0 Å². The summed E-state index contributed by atoms with van der Waals surface area (Å²) in [6.45, 7) is 0. The molecule has 4 heteroatoms. The van der Waals surface area contributed by atoms with Crippen LogP contribution in [-0.2, 0) is 0 Å². The van der Waals surface area contributed by atoms with Crippen molar-refractivity contribution in [2.75, 3.05) is 0 Å². The van der Waals surface area contributed by atoms with Gasteiger partial charge in [-0.15, -0.1) is 0 Å². The Balaban J connectivity index is 1.35. The van der Waals surface area contributed by atoms with Crippen molar-refractivity contribution in [2.45, 2.75) is 0 Å². The first kappa shape index (κ1) is 23.1. The number of aromatic nitrogens is 3. The van der Waals surface area contributed by atoms with Gasteiger partial charge in [0.2, 0.25) is 0 Å². The molecule has 0 atom stereocenters. The van der Waals surface area contributed by atoms with E-state index in [-0.39, 0.29) is 0 Å². The summed E-state index contributed by atoms with van der Waals surface area (Å²) in [6, 6.07) is 48.9. The fourth-order valence-corrected chi connectivity index (χ4v) is 5.39. The molecule has 8 rings (SSSR count). The van der Waals surface area contributed by atoms with Gasteiger partial charge in [-0.3, -0.25) is 0 Å². The van der Waals surface area contributed by atoms with Gasteiger partial charge in [0.25, 0.3) is 0 Å². The second-order valence-electron chi connectivity index (χ2n) is 9.95. The molecule has 0 saturated carbocycles. The molecule has 41 heavy (non-hydrogen) atoms. The van der Waals surface area contributed by atoms with Crippen LogP contribution in [0.1, 0.15) is 0 Å². The first-order valence-electron chi connectivity index (χ1n) is 13.4. The van der Waals surface area contributed by atoms with Crippen LogP contribution >= 0.6 is 0 Å². The smallest absolute Gasteiger partial charge is 0.164 e. The molecule has 4 nitrogen and oxygen atoms in total. The van der Waals surface area contributed by atoms with E-state index in [0.29, 0.717) is 17.5 Å². The summed E-state index contributed by atoms with van der Waals surface area (Å²) in [5.74, 6) is 1.79. The van der Waals surface area contributed by atoms with Crippen molar-refractivity contribution in [3.05, 3.63) is 140 Å². The summed E-state index contributed by atoms with van der Waals surface area (Å²) in [5, 5.41) is 4.42. The third-order valence-electron chi connectivity index (χ3n) is 7.40. The lowest BCUT2D eigenvalue weighted by Crippen LogP contribution is -2.01. The van der Waals surface area contributed by atoms with Gasteiger partial charge in [-0.1, -0.05) is 91.0 Å². The van der Waals surface area contributed by atoms with E-state index in [4.69, 9.17) is 19.4 Å². The van der Waals surface area contributed by atoms with Crippen molar-refractivity contribution in [3.63, 3.8) is 0 Å². The Kier molecular flexibility index (Phi) is 5.33. The van der Waals surface area contributed by atoms with Crippen LogP contribution in [0.5, 0.6) is 0 Å². The largest absolute Gasteiger partial charge is 0.456 e. The highest BCUT2D eigenvalue weighted by atomic mass is 16.3. The maximum absolute atomic E-state index is 6.24. The number of nitrogens with zero attached hydrogens (tertiary/aromatic N) is 3. The van der Waals surface area contributed by atoms with Crippen LogP contribution in [0.25, 0.3) is 78.0 Å².